The van der Waals surface area contributed by atoms with E-state index >= 15 is 0 Å². The number of para-hydroxylation sites is 1. The van der Waals surface area contributed by atoms with Crippen molar-refractivity contribution in [2.24, 2.45) is 0 Å². The van der Waals surface area contributed by atoms with Gasteiger partial charge in [-0.05, 0) is 42.5 Å². The molecule has 2 aromatic carbocycles. The highest BCUT2D eigenvalue weighted by Crippen LogP contribution is 2.24. The van der Waals surface area contributed by atoms with E-state index in [-0.39, 0.29) is 17.6 Å². The SMILES string of the molecule is O=C(COc1ccccc1)NC(=S)Nc1cc(C(=O)N2CCOCC2)ccc1Cl. The number of thiocarbonyl (C=S) groups is 1. The summed E-state index contributed by atoms with van der Waals surface area (Å²) in [5.74, 6) is 0.0566. The van der Waals surface area contributed by atoms with Gasteiger partial charge >= 0.3 is 0 Å². The maximum Gasteiger partial charge on any atom is 0.264 e. The summed E-state index contributed by atoms with van der Waals surface area (Å²) in [6, 6.07) is 13.9. The summed E-state index contributed by atoms with van der Waals surface area (Å²) in [4.78, 5) is 26.4. The Hall–Kier alpha value is -2.68. The Morgan fingerprint density at radius 2 is 1.86 bits per heavy atom. The Labute approximate surface area is 178 Å². The molecule has 3 rings (SSSR count). The minimum absolute atomic E-state index is 0.0598. The first kappa shape index (κ1) is 21.0. The molecule has 0 radical (unpaired) electrons. The number of carbonyl (C=O) groups is 2. The van der Waals surface area contributed by atoms with Crippen LogP contribution in [0.15, 0.2) is 48.5 Å². The van der Waals surface area contributed by atoms with E-state index in [2.05, 4.69) is 10.6 Å². The smallest absolute Gasteiger partial charge is 0.264 e. The van der Waals surface area contributed by atoms with Crippen LogP contribution < -0.4 is 15.4 Å². The second-order valence-electron chi connectivity index (χ2n) is 6.20. The van der Waals surface area contributed by atoms with Crippen LogP contribution in [0.4, 0.5) is 5.69 Å². The van der Waals surface area contributed by atoms with Crippen molar-refractivity contribution in [2.45, 2.75) is 0 Å². The largest absolute Gasteiger partial charge is 0.484 e. The van der Waals surface area contributed by atoms with Crippen LogP contribution in [-0.2, 0) is 9.53 Å². The number of anilines is 1. The summed E-state index contributed by atoms with van der Waals surface area (Å²) in [7, 11) is 0. The zero-order valence-corrected chi connectivity index (χ0v) is 17.1. The van der Waals surface area contributed by atoms with Crippen molar-refractivity contribution < 1.29 is 19.1 Å². The molecule has 1 aliphatic heterocycles. The molecule has 1 saturated heterocycles. The number of ether oxygens (including phenoxy) is 2. The van der Waals surface area contributed by atoms with Crippen molar-refractivity contribution in [3.8, 4) is 5.75 Å². The highest BCUT2D eigenvalue weighted by atomic mass is 35.5. The molecule has 1 heterocycles. The number of hydrogen-bond acceptors (Lipinski definition) is 5. The molecule has 0 bridgehead atoms. The maximum absolute atomic E-state index is 12.6. The predicted molar refractivity (Wildman–Crippen MR) is 114 cm³/mol. The Morgan fingerprint density at radius 1 is 1.14 bits per heavy atom. The Morgan fingerprint density at radius 3 is 2.59 bits per heavy atom. The van der Waals surface area contributed by atoms with E-state index in [1.165, 1.54) is 0 Å². The highest BCUT2D eigenvalue weighted by Gasteiger charge is 2.19. The van der Waals surface area contributed by atoms with Gasteiger partial charge in [-0.25, -0.2) is 0 Å². The van der Waals surface area contributed by atoms with Gasteiger partial charge in [0, 0.05) is 18.7 Å². The highest BCUT2D eigenvalue weighted by molar-refractivity contribution is 7.80. The van der Waals surface area contributed by atoms with Crippen LogP contribution >= 0.6 is 23.8 Å². The van der Waals surface area contributed by atoms with Crippen LogP contribution in [0, 0.1) is 0 Å². The fourth-order valence-electron chi connectivity index (χ4n) is 2.68. The van der Waals surface area contributed by atoms with Crippen LogP contribution in [0.25, 0.3) is 0 Å². The van der Waals surface area contributed by atoms with E-state index in [1.807, 2.05) is 18.2 Å². The first-order chi connectivity index (χ1) is 14.0. The van der Waals surface area contributed by atoms with Crippen molar-refractivity contribution in [1.82, 2.24) is 10.2 Å². The second-order valence-corrected chi connectivity index (χ2v) is 7.02. The molecule has 29 heavy (non-hydrogen) atoms. The molecule has 2 aromatic rings. The molecule has 0 atom stereocenters. The maximum atomic E-state index is 12.6. The molecular formula is C20H20ClN3O4S. The van der Waals surface area contributed by atoms with Crippen LogP contribution in [0.1, 0.15) is 10.4 Å². The molecule has 1 fully saturated rings. The third-order valence-corrected chi connectivity index (χ3v) is 4.66. The molecule has 0 spiro atoms. The molecule has 0 unspecified atom stereocenters. The molecule has 152 valence electrons. The number of morpholine rings is 1. The van der Waals surface area contributed by atoms with Gasteiger partial charge in [0.2, 0.25) is 0 Å². The zero-order valence-electron chi connectivity index (χ0n) is 15.5. The monoisotopic (exact) mass is 433 g/mol. The van der Waals surface area contributed by atoms with Crippen molar-refractivity contribution in [1.29, 1.82) is 0 Å². The van der Waals surface area contributed by atoms with Gasteiger partial charge in [-0.3, -0.25) is 14.9 Å². The molecule has 0 aliphatic carbocycles. The third kappa shape index (κ3) is 6.15. The van der Waals surface area contributed by atoms with Gasteiger partial charge in [0.05, 0.1) is 23.9 Å². The minimum Gasteiger partial charge on any atom is -0.484 e. The van der Waals surface area contributed by atoms with Gasteiger partial charge in [-0.2, -0.15) is 0 Å². The van der Waals surface area contributed by atoms with E-state index in [0.717, 1.165) is 0 Å². The standard InChI is InChI=1S/C20H20ClN3O4S/c21-16-7-6-14(19(26)24-8-10-27-11-9-24)12-17(16)22-20(29)23-18(25)13-28-15-4-2-1-3-5-15/h1-7,12H,8-11,13H2,(H2,22,23,25,29). The number of nitrogens with zero attached hydrogens (tertiary/aromatic N) is 1. The Kier molecular flexibility index (Phi) is 7.40. The molecular weight excluding hydrogens is 414 g/mol. The summed E-state index contributed by atoms with van der Waals surface area (Å²) in [5.41, 5.74) is 0.903. The van der Waals surface area contributed by atoms with Gasteiger partial charge in [0.25, 0.3) is 11.8 Å². The third-order valence-electron chi connectivity index (χ3n) is 4.13. The van der Waals surface area contributed by atoms with Crippen molar-refractivity contribution in [3.63, 3.8) is 0 Å². The lowest BCUT2D eigenvalue weighted by atomic mass is 10.1. The fourth-order valence-corrected chi connectivity index (χ4v) is 3.07. The molecule has 0 saturated carbocycles. The quantitative estimate of drug-likeness (QED) is 0.706. The summed E-state index contributed by atoms with van der Waals surface area (Å²) in [6.45, 7) is 1.94. The van der Waals surface area contributed by atoms with E-state index in [0.29, 0.717) is 48.3 Å². The van der Waals surface area contributed by atoms with Crippen LogP contribution in [0.3, 0.4) is 0 Å². The van der Waals surface area contributed by atoms with E-state index in [9.17, 15) is 9.59 Å². The van der Waals surface area contributed by atoms with Crippen molar-refractivity contribution in [3.05, 3.63) is 59.1 Å². The second kappa shape index (κ2) is 10.2. The number of benzene rings is 2. The molecule has 0 aromatic heterocycles. The van der Waals surface area contributed by atoms with Crippen LogP contribution in [0.2, 0.25) is 5.02 Å². The lowest BCUT2D eigenvalue weighted by molar-refractivity contribution is -0.121. The van der Waals surface area contributed by atoms with E-state index in [1.54, 1.807) is 35.2 Å². The molecule has 2 N–H and O–H groups in total. The molecule has 1 aliphatic rings. The molecule has 7 nitrogen and oxygen atoms in total. The molecule has 9 heteroatoms. The topological polar surface area (TPSA) is 79.9 Å². The minimum atomic E-state index is -0.414. The Bertz CT molecular complexity index is 889. The average Bonchev–Trinajstić information content (AvgIpc) is 2.74. The summed E-state index contributed by atoms with van der Waals surface area (Å²) < 4.78 is 10.6. The van der Waals surface area contributed by atoms with Gasteiger partial charge in [-0.1, -0.05) is 29.8 Å². The molecule has 2 amide bonds. The summed E-state index contributed by atoms with van der Waals surface area (Å²) in [5, 5.41) is 5.81. The summed E-state index contributed by atoms with van der Waals surface area (Å²) >= 11 is 11.4. The van der Waals surface area contributed by atoms with Crippen LogP contribution in [0.5, 0.6) is 5.75 Å². The number of hydrogen-bond donors (Lipinski definition) is 2. The van der Waals surface area contributed by atoms with Crippen molar-refractivity contribution in [2.75, 3.05) is 38.2 Å². The van der Waals surface area contributed by atoms with Crippen LogP contribution in [-0.4, -0.2) is 54.7 Å². The average molecular weight is 434 g/mol. The van der Waals surface area contributed by atoms with E-state index < -0.39 is 5.91 Å². The van der Waals surface area contributed by atoms with Gasteiger partial charge < -0.3 is 19.7 Å². The van der Waals surface area contributed by atoms with Gasteiger partial charge in [0.1, 0.15) is 5.75 Å². The number of rotatable bonds is 5. The first-order valence-electron chi connectivity index (χ1n) is 8.98. The lowest BCUT2D eigenvalue weighted by Gasteiger charge is -2.27. The zero-order chi connectivity index (χ0) is 20.6. The Balaban J connectivity index is 1.56. The van der Waals surface area contributed by atoms with Gasteiger partial charge in [-0.15, -0.1) is 0 Å². The number of halogens is 1. The van der Waals surface area contributed by atoms with Crippen molar-refractivity contribution >= 4 is 46.4 Å². The van der Waals surface area contributed by atoms with E-state index in [4.69, 9.17) is 33.3 Å². The fraction of sp³-hybridized carbons (Fsp3) is 0.250. The first-order valence-corrected chi connectivity index (χ1v) is 9.77. The predicted octanol–water partition coefficient (Wildman–Crippen LogP) is 2.70. The number of amides is 2. The van der Waals surface area contributed by atoms with Gasteiger partial charge in [0.15, 0.2) is 11.7 Å². The lowest BCUT2D eigenvalue weighted by Crippen LogP contribution is -2.40. The normalized spacial score (nSPS) is 13.5. The number of nitrogens with one attached hydrogen (secondary N) is 2. The summed E-state index contributed by atoms with van der Waals surface area (Å²) in [6.07, 6.45) is 0. The number of carbonyl (C=O) groups excluding carboxylic acids is 2.